The van der Waals surface area contributed by atoms with Gasteiger partial charge in [-0.05, 0) is 50.6 Å². The zero-order valence-corrected chi connectivity index (χ0v) is 20.9. The Morgan fingerprint density at radius 3 is 2.47 bits per heavy atom. The summed E-state index contributed by atoms with van der Waals surface area (Å²) in [6, 6.07) is 19.0. The van der Waals surface area contributed by atoms with E-state index in [-0.39, 0.29) is 6.10 Å². The molecule has 2 aliphatic rings. The smallest absolute Gasteiger partial charge is 0.443 e. The molecule has 0 radical (unpaired) electrons. The van der Waals surface area contributed by atoms with Gasteiger partial charge in [-0.3, -0.25) is 14.7 Å². The highest BCUT2D eigenvalue weighted by Crippen LogP contribution is 2.24. The summed E-state index contributed by atoms with van der Waals surface area (Å²) in [5.41, 5.74) is 1.71. The maximum absolute atomic E-state index is 12.5. The van der Waals surface area contributed by atoms with Gasteiger partial charge in [0.15, 0.2) is 6.23 Å². The highest BCUT2D eigenvalue weighted by Gasteiger charge is 2.37. The predicted octanol–water partition coefficient (Wildman–Crippen LogP) is 3.98. The van der Waals surface area contributed by atoms with E-state index in [1.165, 1.54) is 0 Å². The highest BCUT2D eigenvalue weighted by atomic mass is 16.7. The molecule has 0 aromatic heterocycles. The summed E-state index contributed by atoms with van der Waals surface area (Å²) in [7, 11) is 0. The number of anilines is 1. The minimum absolute atomic E-state index is 0.323. The van der Waals surface area contributed by atoms with E-state index in [4.69, 9.17) is 19.5 Å². The van der Waals surface area contributed by atoms with Crippen LogP contribution in [0.3, 0.4) is 0 Å². The summed E-state index contributed by atoms with van der Waals surface area (Å²) in [5, 5.41) is 9.00. The first-order chi connectivity index (χ1) is 17.2. The number of amides is 1. The van der Waals surface area contributed by atoms with Crippen LogP contribution >= 0.6 is 0 Å². The van der Waals surface area contributed by atoms with Gasteiger partial charge in [0.1, 0.15) is 11.7 Å². The number of benzene rings is 2. The number of piperazine rings is 1. The number of ether oxygens (including phenoxy) is 3. The summed E-state index contributed by atoms with van der Waals surface area (Å²) in [5.74, 6) is 0. The fraction of sp³-hybridized carbons (Fsp3) is 0.444. The van der Waals surface area contributed by atoms with Crippen molar-refractivity contribution in [2.45, 2.75) is 45.2 Å². The molecule has 2 aromatic carbocycles. The third-order valence-corrected chi connectivity index (χ3v) is 6.02. The van der Waals surface area contributed by atoms with E-state index in [0.29, 0.717) is 44.0 Å². The van der Waals surface area contributed by atoms with E-state index in [1.54, 1.807) is 49.9 Å². The van der Waals surface area contributed by atoms with E-state index in [1.807, 2.05) is 30.3 Å². The normalized spacial score (nSPS) is 21.1. The van der Waals surface area contributed by atoms with E-state index in [0.717, 1.165) is 12.1 Å². The Bertz CT molecular complexity index is 1090. The second-order valence-electron chi connectivity index (χ2n) is 10.0. The fourth-order valence-corrected chi connectivity index (χ4v) is 4.33. The molecule has 0 aliphatic carbocycles. The standard InChI is InChI=1S/C27H32N4O5/c1-27(2,3)36-26(33)35-24-19-29(13-14-30(24)16-21-7-5-4-6-8-21)17-23-18-31(25(32)34-23)22-11-9-20(15-28)10-12-22/h4-12,23-24H,13-14,16-19H2,1-3H3. The van der Waals surface area contributed by atoms with Gasteiger partial charge in [-0.2, -0.15) is 5.26 Å². The maximum atomic E-state index is 12.5. The molecule has 2 saturated heterocycles. The molecule has 1 amide bonds. The van der Waals surface area contributed by atoms with Crippen molar-refractivity contribution >= 4 is 17.9 Å². The van der Waals surface area contributed by atoms with Gasteiger partial charge in [0.25, 0.3) is 0 Å². The summed E-state index contributed by atoms with van der Waals surface area (Å²) < 4.78 is 16.8. The molecule has 2 fully saturated rings. The van der Waals surface area contributed by atoms with Crippen LogP contribution in [0.4, 0.5) is 15.3 Å². The molecule has 2 aromatic rings. The third kappa shape index (κ3) is 6.74. The minimum Gasteiger partial charge on any atom is -0.443 e. The Balaban J connectivity index is 1.39. The number of hydrogen-bond donors (Lipinski definition) is 0. The average molecular weight is 493 g/mol. The first-order valence-corrected chi connectivity index (χ1v) is 12.1. The molecule has 2 heterocycles. The lowest BCUT2D eigenvalue weighted by Gasteiger charge is -2.41. The molecule has 0 spiro atoms. The molecule has 2 unspecified atom stereocenters. The Labute approximate surface area is 211 Å². The van der Waals surface area contributed by atoms with Gasteiger partial charge >= 0.3 is 12.2 Å². The van der Waals surface area contributed by atoms with Crippen LogP contribution in [0.2, 0.25) is 0 Å². The Hall–Kier alpha value is -3.61. The molecule has 190 valence electrons. The maximum Gasteiger partial charge on any atom is 0.510 e. The molecular formula is C27H32N4O5. The van der Waals surface area contributed by atoms with Crippen LogP contribution in [0.5, 0.6) is 0 Å². The molecule has 0 N–H and O–H groups in total. The SMILES string of the molecule is CC(C)(C)OC(=O)OC1CN(CC2CN(c3ccc(C#N)cc3)C(=O)O2)CCN1Cc1ccccc1. The molecule has 9 nitrogen and oxygen atoms in total. The Kier molecular flexibility index (Phi) is 7.77. The van der Waals surface area contributed by atoms with Crippen LogP contribution < -0.4 is 4.90 Å². The molecule has 2 aliphatic heterocycles. The van der Waals surface area contributed by atoms with Gasteiger partial charge in [-0.1, -0.05) is 30.3 Å². The van der Waals surface area contributed by atoms with Gasteiger partial charge in [0.05, 0.1) is 18.2 Å². The number of cyclic esters (lactones) is 1. The van der Waals surface area contributed by atoms with Crippen LogP contribution in [-0.4, -0.2) is 72.7 Å². The van der Waals surface area contributed by atoms with E-state index in [2.05, 4.69) is 15.9 Å². The third-order valence-electron chi connectivity index (χ3n) is 6.02. The van der Waals surface area contributed by atoms with Crippen molar-refractivity contribution in [2.24, 2.45) is 0 Å². The van der Waals surface area contributed by atoms with Crippen LogP contribution in [0.1, 0.15) is 31.9 Å². The lowest BCUT2D eigenvalue weighted by Crippen LogP contribution is -2.56. The van der Waals surface area contributed by atoms with E-state index in [9.17, 15) is 9.59 Å². The number of rotatable bonds is 6. The molecule has 0 saturated carbocycles. The number of nitrogens with zero attached hydrogens (tertiary/aromatic N) is 4. The molecular weight excluding hydrogens is 460 g/mol. The van der Waals surface area contributed by atoms with Gasteiger partial charge in [-0.15, -0.1) is 0 Å². The van der Waals surface area contributed by atoms with Crippen molar-refractivity contribution in [3.63, 3.8) is 0 Å². The second-order valence-corrected chi connectivity index (χ2v) is 10.0. The summed E-state index contributed by atoms with van der Waals surface area (Å²) in [6.07, 6.45) is -1.93. The number of nitriles is 1. The molecule has 9 heteroatoms. The average Bonchev–Trinajstić information content (AvgIpc) is 3.20. The van der Waals surface area contributed by atoms with Crippen molar-refractivity contribution in [3.8, 4) is 6.07 Å². The van der Waals surface area contributed by atoms with Crippen molar-refractivity contribution < 1.29 is 23.8 Å². The van der Waals surface area contributed by atoms with Gasteiger partial charge in [0.2, 0.25) is 0 Å². The second kappa shape index (κ2) is 11.0. The lowest BCUT2D eigenvalue weighted by molar-refractivity contribution is -0.106. The Morgan fingerprint density at radius 2 is 1.81 bits per heavy atom. The minimum atomic E-state index is -0.702. The molecule has 2 atom stereocenters. The molecule has 4 rings (SSSR count). The summed E-state index contributed by atoms with van der Waals surface area (Å²) >= 11 is 0. The summed E-state index contributed by atoms with van der Waals surface area (Å²) in [4.78, 5) is 30.8. The van der Waals surface area contributed by atoms with Gasteiger partial charge in [-0.25, -0.2) is 9.59 Å². The topological polar surface area (TPSA) is 95.3 Å². The van der Waals surface area contributed by atoms with Crippen molar-refractivity contribution in [1.29, 1.82) is 5.26 Å². The van der Waals surface area contributed by atoms with Crippen LogP contribution in [-0.2, 0) is 20.8 Å². The van der Waals surface area contributed by atoms with Crippen LogP contribution in [0.25, 0.3) is 0 Å². The zero-order valence-electron chi connectivity index (χ0n) is 20.9. The lowest BCUT2D eigenvalue weighted by atomic mass is 10.1. The van der Waals surface area contributed by atoms with Gasteiger partial charge in [0, 0.05) is 38.4 Å². The van der Waals surface area contributed by atoms with Crippen LogP contribution in [0, 0.1) is 11.3 Å². The Morgan fingerprint density at radius 1 is 1.08 bits per heavy atom. The van der Waals surface area contributed by atoms with Crippen molar-refractivity contribution in [2.75, 3.05) is 37.6 Å². The number of carbonyl (C=O) groups is 2. The highest BCUT2D eigenvalue weighted by molar-refractivity contribution is 5.89. The molecule has 36 heavy (non-hydrogen) atoms. The van der Waals surface area contributed by atoms with Crippen molar-refractivity contribution in [3.05, 3.63) is 65.7 Å². The van der Waals surface area contributed by atoms with E-state index < -0.39 is 24.1 Å². The fourth-order valence-electron chi connectivity index (χ4n) is 4.33. The number of carbonyl (C=O) groups excluding carboxylic acids is 2. The molecule has 0 bridgehead atoms. The first kappa shape index (κ1) is 25.5. The van der Waals surface area contributed by atoms with E-state index >= 15 is 0 Å². The summed E-state index contributed by atoms with van der Waals surface area (Å²) in [6.45, 7) is 8.88. The number of hydrogen-bond acceptors (Lipinski definition) is 8. The monoisotopic (exact) mass is 492 g/mol. The zero-order chi connectivity index (χ0) is 25.7. The van der Waals surface area contributed by atoms with Gasteiger partial charge < -0.3 is 14.2 Å². The van der Waals surface area contributed by atoms with Crippen molar-refractivity contribution in [1.82, 2.24) is 9.80 Å². The first-order valence-electron chi connectivity index (χ1n) is 12.1. The quantitative estimate of drug-likeness (QED) is 0.559. The van der Waals surface area contributed by atoms with Crippen LogP contribution in [0.15, 0.2) is 54.6 Å². The predicted molar refractivity (Wildman–Crippen MR) is 133 cm³/mol. The largest absolute Gasteiger partial charge is 0.510 e.